The molecule has 49 heavy (non-hydrogen) atoms. The predicted octanol–water partition coefficient (Wildman–Crippen LogP) is 2.65. The fourth-order valence-electron chi connectivity index (χ4n) is 12.4. The molecule has 7 rings (SSSR count). The summed E-state index contributed by atoms with van der Waals surface area (Å²) in [6, 6.07) is 6.24. The van der Waals surface area contributed by atoms with Crippen molar-refractivity contribution in [2.75, 3.05) is 46.3 Å². The quantitative estimate of drug-likeness (QED) is 0.312. The first kappa shape index (κ1) is 34.8. The van der Waals surface area contributed by atoms with E-state index in [2.05, 4.69) is 17.1 Å². The Kier molecular flexibility index (Phi) is 8.52. The van der Waals surface area contributed by atoms with Gasteiger partial charge in [-0.3, -0.25) is 14.5 Å². The average molecular weight is 685 g/mol. The number of rotatable bonds is 10. The summed E-state index contributed by atoms with van der Waals surface area (Å²) in [5, 5.41) is 29.5. The molecule has 6 fully saturated rings. The molecule has 270 valence electrons. The molecule has 0 aromatic heterocycles. The molecule has 13 atom stereocenters. The van der Waals surface area contributed by atoms with E-state index in [-0.39, 0.29) is 60.2 Å². The van der Waals surface area contributed by atoms with E-state index in [1.807, 2.05) is 0 Å². The highest BCUT2D eigenvalue weighted by molar-refractivity contribution is 6.00. The van der Waals surface area contributed by atoms with Crippen LogP contribution in [0.15, 0.2) is 24.3 Å². The molecule has 1 aromatic carbocycles. The molecular formula is C37H52N2O10. The Morgan fingerprint density at radius 1 is 1.08 bits per heavy atom. The number of hydrogen-bond donors (Lipinski definition) is 3. The maximum atomic E-state index is 13.8. The summed E-state index contributed by atoms with van der Waals surface area (Å²) in [6.07, 6.45) is -0.144. The number of amides is 1. The number of aliphatic hydroxyl groups is 2. The van der Waals surface area contributed by atoms with Gasteiger partial charge in [0.15, 0.2) is 0 Å². The van der Waals surface area contributed by atoms with Gasteiger partial charge in [0.25, 0.3) is 0 Å². The van der Waals surface area contributed by atoms with E-state index < -0.39 is 58.3 Å². The number of nitrogens with zero attached hydrogens (tertiary/aromatic N) is 1. The summed E-state index contributed by atoms with van der Waals surface area (Å²) in [7, 11) is 4.92. The second-order valence-electron chi connectivity index (χ2n) is 15.8. The summed E-state index contributed by atoms with van der Waals surface area (Å²) in [6.45, 7) is 8.18. The number of piperidine rings is 1. The molecule has 0 unspecified atom stereocenters. The number of carbonyl (C=O) groups is 3. The number of likely N-dealkylation sites (N-methyl/N-ethyl adjacent to an activating group) is 1. The molecule has 5 saturated carbocycles. The van der Waals surface area contributed by atoms with Crippen molar-refractivity contribution < 1.29 is 48.3 Å². The molecular weight excluding hydrogens is 632 g/mol. The topological polar surface area (TPSA) is 153 Å². The largest absolute Gasteiger partial charge is 0.461 e. The van der Waals surface area contributed by atoms with Crippen LogP contribution in [0.3, 0.4) is 0 Å². The fraction of sp³-hybridized carbons (Fsp3) is 0.757. The number of fused-ring (bicyclic) bond motifs is 2. The molecule has 1 saturated heterocycles. The van der Waals surface area contributed by atoms with Crippen molar-refractivity contribution in [1.82, 2.24) is 4.90 Å². The van der Waals surface area contributed by atoms with E-state index in [4.69, 9.17) is 23.7 Å². The SMILES string of the molecule is CCN1C[C@]2(COC(=O)c3ccccc3NC(C)=O)CC[C@H](OC)[C@@]34[C@@H]5C[C@@H]6[C@H](OC(=O)C(C)C)[C@@H]5[C@](O)(C[C@@H]6OC)[C@](O)([C@@H](OC)[C@H]23)[C@@H]14. The van der Waals surface area contributed by atoms with Gasteiger partial charge >= 0.3 is 11.9 Å². The first-order valence-corrected chi connectivity index (χ1v) is 17.8. The summed E-state index contributed by atoms with van der Waals surface area (Å²) in [5.74, 6) is -2.88. The van der Waals surface area contributed by atoms with Crippen molar-refractivity contribution in [3.63, 3.8) is 0 Å². The van der Waals surface area contributed by atoms with E-state index in [0.29, 0.717) is 38.0 Å². The number of methoxy groups -OCH3 is 3. The van der Waals surface area contributed by atoms with Crippen molar-refractivity contribution >= 4 is 23.5 Å². The normalized spacial score (nSPS) is 44.5. The maximum absolute atomic E-state index is 13.8. The van der Waals surface area contributed by atoms with Gasteiger partial charge in [0, 0.05) is 69.8 Å². The Morgan fingerprint density at radius 3 is 2.45 bits per heavy atom. The van der Waals surface area contributed by atoms with Gasteiger partial charge in [-0.15, -0.1) is 0 Å². The Labute approximate surface area is 288 Å². The molecule has 1 amide bonds. The minimum absolute atomic E-state index is 0.0496. The van der Waals surface area contributed by atoms with Crippen LogP contribution in [0.5, 0.6) is 0 Å². The highest BCUT2D eigenvalue weighted by Gasteiger charge is 2.92. The van der Waals surface area contributed by atoms with Gasteiger partial charge in [-0.1, -0.05) is 32.9 Å². The lowest BCUT2D eigenvalue weighted by atomic mass is 9.42. The molecule has 0 radical (unpaired) electrons. The van der Waals surface area contributed by atoms with Crippen molar-refractivity contribution in [1.29, 1.82) is 0 Å². The van der Waals surface area contributed by atoms with Gasteiger partial charge < -0.3 is 39.2 Å². The van der Waals surface area contributed by atoms with Crippen LogP contribution < -0.4 is 5.32 Å². The molecule has 7 bridgehead atoms. The molecule has 1 aromatic rings. The lowest BCUT2D eigenvalue weighted by molar-refractivity contribution is -0.319. The van der Waals surface area contributed by atoms with Crippen LogP contribution in [0.25, 0.3) is 0 Å². The highest BCUT2D eigenvalue weighted by Crippen LogP contribution is 2.80. The number of ether oxygens (including phenoxy) is 5. The predicted molar refractivity (Wildman–Crippen MR) is 176 cm³/mol. The first-order valence-electron chi connectivity index (χ1n) is 17.8. The smallest absolute Gasteiger partial charge is 0.340 e. The van der Waals surface area contributed by atoms with E-state index in [1.54, 1.807) is 59.4 Å². The zero-order chi connectivity index (χ0) is 35.3. The van der Waals surface area contributed by atoms with Crippen LogP contribution in [-0.4, -0.2) is 116 Å². The zero-order valence-corrected chi connectivity index (χ0v) is 29.6. The lowest BCUT2D eigenvalue weighted by Gasteiger charge is -2.70. The Morgan fingerprint density at radius 2 is 1.82 bits per heavy atom. The van der Waals surface area contributed by atoms with Gasteiger partial charge in [0.05, 0.1) is 48.1 Å². The number of hydrogen-bond acceptors (Lipinski definition) is 11. The van der Waals surface area contributed by atoms with Gasteiger partial charge in [-0.05, 0) is 43.9 Å². The second kappa shape index (κ2) is 12.0. The third kappa shape index (κ3) is 4.40. The Bertz CT molecular complexity index is 1500. The second-order valence-corrected chi connectivity index (χ2v) is 15.8. The molecule has 6 aliphatic rings. The minimum atomic E-state index is -1.79. The molecule has 12 heteroatoms. The van der Waals surface area contributed by atoms with Crippen LogP contribution in [-0.2, 0) is 33.3 Å². The summed E-state index contributed by atoms with van der Waals surface area (Å²) >= 11 is 0. The lowest BCUT2D eigenvalue weighted by Crippen LogP contribution is -2.82. The summed E-state index contributed by atoms with van der Waals surface area (Å²) < 4.78 is 31.4. The Hall–Kier alpha value is -2.61. The monoisotopic (exact) mass is 684 g/mol. The van der Waals surface area contributed by atoms with Crippen LogP contribution in [0.4, 0.5) is 5.69 Å². The molecule has 3 N–H and O–H groups in total. The van der Waals surface area contributed by atoms with Crippen molar-refractivity contribution in [2.24, 2.45) is 40.4 Å². The fourth-order valence-corrected chi connectivity index (χ4v) is 12.4. The molecule has 1 heterocycles. The number of carbonyl (C=O) groups excluding carboxylic acids is 3. The van der Waals surface area contributed by atoms with Gasteiger partial charge in [-0.2, -0.15) is 0 Å². The molecule has 5 aliphatic carbocycles. The van der Waals surface area contributed by atoms with Crippen molar-refractivity contribution in [3.8, 4) is 0 Å². The zero-order valence-electron chi connectivity index (χ0n) is 29.6. The maximum Gasteiger partial charge on any atom is 0.340 e. The van der Waals surface area contributed by atoms with Crippen molar-refractivity contribution in [3.05, 3.63) is 29.8 Å². The summed E-state index contributed by atoms with van der Waals surface area (Å²) in [4.78, 5) is 41.2. The minimum Gasteiger partial charge on any atom is -0.461 e. The number of nitrogens with one attached hydrogen (secondary N) is 1. The Balaban J connectivity index is 1.37. The van der Waals surface area contributed by atoms with Gasteiger partial charge in [0.1, 0.15) is 17.3 Å². The standard InChI is InChI=1S/C37H52N2O10/c1-8-39-17-34(18-48-32(42)21-11-9-10-12-24(21)38-20(4)40)14-13-26(46-6)36-23-15-22-25(45-5)16-35(43,27(23)28(22)49-31(41)19(2)3)37(44,33(36)39)30(47-7)29(34)36/h9-12,19,22-23,25-30,33,43-44H,8,13-18H2,1-7H3,(H,38,40)/t22-,23+,25-,26-,27+,28-,29+,30-,33-,34-,35+,36-,37-/m0/s1. The number of para-hydroxylation sites is 1. The van der Waals surface area contributed by atoms with Crippen LogP contribution >= 0.6 is 0 Å². The third-order valence-electron chi connectivity index (χ3n) is 13.7. The van der Waals surface area contributed by atoms with Crippen LogP contribution in [0.2, 0.25) is 0 Å². The van der Waals surface area contributed by atoms with Gasteiger partial charge in [-0.25, -0.2) is 4.79 Å². The average Bonchev–Trinajstić information content (AvgIpc) is 3.47. The number of anilines is 1. The van der Waals surface area contributed by atoms with E-state index in [9.17, 15) is 24.6 Å². The highest BCUT2D eigenvalue weighted by atomic mass is 16.6. The number of esters is 2. The van der Waals surface area contributed by atoms with Gasteiger partial charge in [0.2, 0.25) is 5.91 Å². The van der Waals surface area contributed by atoms with E-state index in [1.165, 1.54) is 6.92 Å². The molecule has 1 spiro atoms. The number of benzene rings is 1. The summed E-state index contributed by atoms with van der Waals surface area (Å²) in [5.41, 5.74) is -4.26. The van der Waals surface area contributed by atoms with Crippen LogP contribution in [0, 0.1) is 40.4 Å². The third-order valence-corrected chi connectivity index (χ3v) is 13.7. The van der Waals surface area contributed by atoms with Crippen LogP contribution in [0.1, 0.15) is 63.7 Å². The number of likely N-dealkylation sites (tertiary alicyclic amines) is 1. The van der Waals surface area contributed by atoms with E-state index >= 15 is 0 Å². The van der Waals surface area contributed by atoms with E-state index in [0.717, 1.165) is 0 Å². The molecule has 1 aliphatic heterocycles. The first-order chi connectivity index (χ1) is 23.3. The van der Waals surface area contributed by atoms with Crippen molar-refractivity contribution in [2.45, 2.75) is 95.0 Å². The molecule has 12 nitrogen and oxygen atoms in total.